The Hall–Kier alpha value is -3.23. The van der Waals surface area contributed by atoms with Gasteiger partial charge in [-0.25, -0.2) is 18.7 Å². The Morgan fingerprint density at radius 2 is 1.62 bits per heavy atom. The molecule has 164 valence electrons. The van der Waals surface area contributed by atoms with E-state index < -0.39 is 17.5 Å². The number of nitrogens with zero attached hydrogens (tertiary/aromatic N) is 3. The number of benzene rings is 2. The second kappa shape index (κ2) is 9.10. The molecule has 0 radical (unpaired) electrons. The van der Waals surface area contributed by atoms with Crippen molar-refractivity contribution in [2.24, 2.45) is 7.05 Å². The van der Waals surface area contributed by atoms with Gasteiger partial charge in [-0.05, 0) is 35.4 Å². The van der Waals surface area contributed by atoms with Crippen LogP contribution in [0.4, 0.5) is 14.5 Å². The predicted molar refractivity (Wildman–Crippen MR) is 120 cm³/mol. The Morgan fingerprint density at radius 1 is 1.00 bits per heavy atom. The summed E-state index contributed by atoms with van der Waals surface area (Å²) in [5.41, 5.74) is 3.43. The van der Waals surface area contributed by atoms with E-state index in [0.717, 1.165) is 5.56 Å². The maximum Gasteiger partial charge on any atom is 0.272 e. The third-order valence-corrected chi connectivity index (χ3v) is 5.45. The molecule has 0 aliphatic rings. The van der Waals surface area contributed by atoms with E-state index in [-0.39, 0.29) is 22.3 Å². The lowest BCUT2D eigenvalue weighted by Crippen LogP contribution is -2.24. The van der Waals surface area contributed by atoms with Crippen molar-refractivity contribution in [1.82, 2.24) is 19.9 Å². The average Bonchev–Trinajstić information content (AvgIpc) is 3.11. The van der Waals surface area contributed by atoms with E-state index in [0.29, 0.717) is 28.8 Å². The molecule has 10 heteroatoms. The van der Waals surface area contributed by atoms with Crippen LogP contribution in [-0.4, -0.2) is 20.4 Å². The summed E-state index contributed by atoms with van der Waals surface area (Å²) < 4.78 is 28.4. The molecule has 0 saturated carbocycles. The van der Waals surface area contributed by atoms with Gasteiger partial charge in [0.1, 0.15) is 29.0 Å². The molecule has 0 unspecified atom stereocenters. The molecule has 0 saturated heterocycles. The molecule has 4 rings (SSSR count). The molecule has 0 spiro atoms. The smallest absolute Gasteiger partial charge is 0.272 e. The lowest BCUT2D eigenvalue weighted by molar-refractivity contribution is 0.0947. The van der Waals surface area contributed by atoms with E-state index >= 15 is 0 Å². The molecular weight excluding hydrogens is 459 g/mol. The van der Waals surface area contributed by atoms with Gasteiger partial charge in [-0.3, -0.25) is 4.79 Å². The zero-order valence-electron chi connectivity index (χ0n) is 16.8. The number of amides is 1. The molecule has 4 aromatic rings. The number of halogens is 4. The third kappa shape index (κ3) is 4.51. The lowest BCUT2D eigenvalue weighted by atomic mass is 10.2. The second-order valence-corrected chi connectivity index (χ2v) is 7.92. The van der Waals surface area contributed by atoms with Crippen LogP contribution in [0, 0.1) is 11.6 Å². The number of hydrogen-bond donors (Lipinski definition) is 2. The second-order valence-electron chi connectivity index (χ2n) is 7.11. The van der Waals surface area contributed by atoms with Crippen molar-refractivity contribution in [2.75, 3.05) is 5.32 Å². The van der Waals surface area contributed by atoms with E-state index in [1.54, 1.807) is 36.0 Å². The molecular formula is C22H17Cl2F2N5O. The maximum atomic E-state index is 13.4. The third-order valence-electron chi connectivity index (χ3n) is 4.87. The minimum atomic E-state index is -0.522. The number of carbonyl (C=O) groups excluding carboxylic acids is 1. The van der Waals surface area contributed by atoms with Crippen molar-refractivity contribution < 1.29 is 13.6 Å². The summed E-state index contributed by atoms with van der Waals surface area (Å²) in [6, 6.07) is 8.74. The van der Waals surface area contributed by atoms with Gasteiger partial charge >= 0.3 is 0 Å². The summed E-state index contributed by atoms with van der Waals surface area (Å²) in [5, 5.41) is 6.03. The first-order chi connectivity index (χ1) is 15.3. The Labute approximate surface area is 192 Å². The van der Waals surface area contributed by atoms with E-state index in [4.69, 9.17) is 23.2 Å². The molecule has 0 aliphatic carbocycles. The fraction of sp³-hybridized carbons (Fsp3) is 0.136. The molecule has 0 atom stereocenters. The van der Waals surface area contributed by atoms with Crippen LogP contribution in [0.2, 0.25) is 10.0 Å². The van der Waals surface area contributed by atoms with E-state index in [9.17, 15) is 13.6 Å². The zero-order valence-corrected chi connectivity index (χ0v) is 18.3. The molecule has 2 N–H and O–H groups in total. The number of nitrogens with one attached hydrogen (secondary N) is 2. The first-order valence-corrected chi connectivity index (χ1v) is 10.3. The van der Waals surface area contributed by atoms with Gasteiger partial charge in [-0.2, -0.15) is 0 Å². The molecule has 2 heterocycles. The monoisotopic (exact) mass is 475 g/mol. The van der Waals surface area contributed by atoms with Crippen LogP contribution in [0.1, 0.15) is 21.6 Å². The minimum Gasteiger partial charge on any atom is -0.378 e. The molecule has 1 amide bonds. The first-order valence-electron chi connectivity index (χ1n) is 9.53. The van der Waals surface area contributed by atoms with Crippen LogP contribution >= 0.6 is 23.2 Å². The quantitative estimate of drug-likeness (QED) is 0.407. The van der Waals surface area contributed by atoms with Crippen LogP contribution in [0.15, 0.2) is 48.9 Å². The number of carbonyl (C=O) groups is 1. The van der Waals surface area contributed by atoms with Crippen molar-refractivity contribution in [1.29, 1.82) is 0 Å². The van der Waals surface area contributed by atoms with Gasteiger partial charge in [0, 0.05) is 26.3 Å². The molecule has 2 aromatic carbocycles. The van der Waals surface area contributed by atoms with E-state index in [2.05, 4.69) is 20.6 Å². The summed E-state index contributed by atoms with van der Waals surface area (Å²) >= 11 is 11.6. The van der Waals surface area contributed by atoms with Crippen LogP contribution in [0.5, 0.6) is 0 Å². The summed E-state index contributed by atoms with van der Waals surface area (Å²) in [5.74, 6) is -1.41. The minimum absolute atomic E-state index is 0.0123. The predicted octanol–water partition coefficient (Wildman–Crippen LogP) is 5.10. The summed E-state index contributed by atoms with van der Waals surface area (Å²) in [6.07, 6.45) is 3.10. The largest absolute Gasteiger partial charge is 0.378 e. The fourth-order valence-corrected chi connectivity index (χ4v) is 3.69. The van der Waals surface area contributed by atoms with Gasteiger partial charge in [0.2, 0.25) is 0 Å². The molecule has 0 fully saturated rings. The number of rotatable bonds is 6. The molecule has 6 nitrogen and oxygen atoms in total. The summed E-state index contributed by atoms with van der Waals surface area (Å²) in [6.45, 7) is 0.543. The molecule has 0 bridgehead atoms. The number of anilines is 1. The molecule has 0 aliphatic heterocycles. The lowest BCUT2D eigenvalue weighted by Gasteiger charge is -2.08. The van der Waals surface area contributed by atoms with Crippen molar-refractivity contribution in [3.63, 3.8) is 0 Å². The van der Waals surface area contributed by atoms with Crippen LogP contribution in [-0.2, 0) is 20.1 Å². The highest BCUT2D eigenvalue weighted by atomic mass is 35.5. The van der Waals surface area contributed by atoms with Crippen molar-refractivity contribution in [3.05, 3.63) is 87.4 Å². The fourth-order valence-electron chi connectivity index (χ4n) is 3.29. The van der Waals surface area contributed by atoms with Crippen molar-refractivity contribution >= 4 is 45.8 Å². The van der Waals surface area contributed by atoms with E-state index in [1.807, 2.05) is 0 Å². The zero-order chi connectivity index (χ0) is 22.8. The Balaban J connectivity index is 1.54. The van der Waals surface area contributed by atoms with Crippen LogP contribution < -0.4 is 10.6 Å². The van der Waals surface area contributed by atoms with Crippen LogP contribution in [0.25, 0.3) is 11.0 Å². The Kier molecular flexibility index (Phi) is 6.25. The highest BCUT2D eigenvalue weighted by molar-refractivity contribution is 6.31. The van der Waals surface area contributed by atoms with Gasteiger partial charge in [-0.15, -0.1) is 0 Å². The average molecular weight is 476 g/mol. The van der Waals surface area contributed by atoms with Crippen LogP contribution in [0.3, 0.4) is 0 Å². The SMILES string of the molecule is Cn1cc(NCc2ccc(F)c(Cl)c2)c2ncnc(C(=O)NCc3ccc(F)c(Cl)c3)c21. The number of fused-ring (bicyclic) bond motifs is 1. The van der Waals surface area contributed by atoms with Gasteiger partial charge in [0.05, 0.1) is 15.7 Å². The van der Waals surface area contributed by atoms with Gasteiger partial charge in [0.25, 0.3) is 5.91 Å². The number of hydrogen-bond acceptors (Lipinski definition) is 4. The van der Waals surface area contributed by atoms with Gasteiger partial charge in [-0.1, -0.05) is 35.3 Å². The number of aryl methyl sites for hydroxylation is 1. The van der Waals surface area contributed by atoms with Crippen molar-refractivity contribution in [3.8, 4) is 0 Å². The first kappa shape index (κ1) is 22.0. The Morgan fingerprint density at radius 3 is 2.25 bits per heavy atom. The molecule has 2 aromatic heterocycles. The standard InChI is InChI=1S/C22H17Cl2F2N5O/c1-31-10-18(27-8-12-2-4-16(25)14(23)6-12)19-21(31)20(30-11-29-19)22(32)28-9-13-3-5-17(26)15(24)7-13/h2-7,10-11,27H,8-9H2,1H3,(H,28,32). The molecule has 32 heavy (non-hydrogen) atoms. The maximum absolute atomic E-state index is 13.4. The van der Waals surface area contributed by atoms with E-state index in [1.165, 1.54) is 24.5 Å². The summed E-state index contributed by atoms with van der Waals surface area (Å²) in [4.78, 5) is 21.3. The van der Waals surface area contributed by atoms with Crippen molar-refractivity contribution in [2.45, 2.75) is 13.1 Å². The number of aromatic nitrogens is 3. The van der Waals surface area contributed by atoms with Gasteiger partial charge < -0.3 is 15.2 Å². The summed E-state index contributed by atoms with van der Waals surface area (Å²) in [7, 11) is 1.78. The normalized spacial score (nSPS) is 11.0. The van der Waals surface area contributed by atoms with Gasteiger partial charge in [0.15, 0.2) is 5.69 Å². The highest BCUT2D eigenvalue weighted by Gasteiger charge is 2.18. The Bertz CT molecular complexity index is 1330. The topological polar surface area (TPSA) is 71.8 Å². The highest BCUT2D eigenvalue weighted by Crippen LogP contribution is 2.26.